The number of imidazole rings is 1. The van der Waals surface area contributed by atoms with Gasteiger partial charge in [0.25, 0.3) is 0 Å². The van der Waals surface area contributed by atoms with Crippen LogP contribution in [0.1, 0.15) is 42.6 Å². The zero-order chi connectivity index (χ0) is 24.8. The molecular formula is C25H25ClF3N3O2. The van der Waals surface area contributed by atoms with Crippen LogP contribution in [0.3, 0.4) is 0 Å². The molecular weight excluding hydrogens is 467 g/mol. The molecule has 0 unspecified atom stereocenters. The van der Waals surface area contributed by atoms with E-state index in [2.05, 4.69) is 10.3 Å². The van der Waals surface area contributed by atoms with Crippen molar-refractivity contribution >= 4 is 23.6 Å². The molecule has 0 fully saturated rings. The highest BCUT2D eigenvalue weighted by molar-refractivity contribution is 6.17. The average Bonchev–Trinajstić information content (AvgIpc) is 3.22. The molecule has 0 aliphatic rings. The molecule has 1 amide bonds. The Hall–Kier alpha value is -3.10. The van der Waals surface area contributed by atoms with E-state index in [1.165, 1.54) is 31.5 Å². The number of carbonyl (C=O) groups excluding carboxylic acids is 1. The molecule has 5 nitrogen and oxygen atoms in total. The number of rotatable bonds is 9. The molecule has 0 saturated carbocycles. The standard InChI is InChI=1S/C25H25ClF3N3O2/c1-15-13-32(14-30-15)23-8-5-17(11-22(23)29)10-19(4-3-9-26)25(34)31-24(16(2)33)18-6-7-20(27)21(28)12-18/h5-8,10-14,16,24,33H,3-4,9H2,1-2H3,(H,31,34)/t16-,24+/m1/s1. The van der Waals surface area contributed by atoms with Crippen LogP contribution in [0.25, 0.3) is 11.8 Å². The summed E-state index contributed by atoms with van der Waals surface area (Å²) in [6.45, 7) is 3.23. The number of hydrogen-bond donors (Lipinski definition) is 2. The minimum atomic E-state index is -1.08. The van der Waals surface area contributed by atoms with E-state index in [0.29, 0.717) is 35.5 Å². The molecule has 2 atom stereocenters. The Bertz CT molecular complexity index is 1190. The van der Waals surface area contributed by atoms with Crippen molar-refractivity contribution in [3.8, 4) is 5.69 Å². The third kappa shape index (κ3) is 6.27. The number of aliphatic hydroxyl groups excluding tert-OH is 1. The maximum atomic E-state index is 14.8. The Kier molecular flexibility index (Phi) is 8.52. The molecule has 2 aromatic carbocycles. The van der Waals surface area contributed by atoms with Crippen molar-refractivity contribution in [1.29, 1.82) is 0 Å². The number of halogens is 4. The summed E-state index contributed by atoms with van der Waals surface area (Å²) >= 11 is 5.81. The molecule has 180 valence electrons. The summed E-state index contributed by atoms with van der Waals surface area (Å²) in [5.41, 5.74) is 2.04. The summed E-state index contributed by atoms with van der Waals surface area (Å²) in [5.74, 6) is -2.83. The number of amides is 1. The molecule has 3 aromatic rings. The van der Waals surface area contributed by atoms with E-state index in [1.54, 1.807) is 29.8 Å². The number of aliphatic hydroxyl groups is 1. The zero-order valence-electron chi connectivity index (χ0n) is 18.7. The molecule has 0 aliphatic carbocycles. The van der Waals surface area contributed by atoms with E-state index in [4.69, 9.17) is 11.6 Å². The fourth-order valence-corrected chi connectivity index (χ4v) is 3.64. The smallest absolute Gasteiger partial charge is 0.247 e. The second-order valence-electron chi connectivity index (χ2n) is 7.96. The number of alkyl halides is 1. The second kappa shape index (κ2) is 11.4. The van der Waals surface area contributed by atoms with Gasteiger partial charge in [-0.25, -0.2) is 18.2 Å². The lowest BCUT2D eigenvalue weighted by molar-refractivity contribution is -0.119. The van der Waals surface area contributed by atoms with Gasteiger partial charge < -0.3 is 15.0 Å². The van der Waals surface area contributed by atoms with Gasteiger partial charge in [-0.15, -0.1) is 11.6 Å². The van der Waals surface area contributed by atoms with Gasteiger partial charge >= 0.3 is 0 Å². The number of aromatic nitrogens is 2. The summed E-state index contributed by atoms with van der Waals surface area (Å²) < 4.78 is 43.4. The minimum absolute atomic E-state index is 0.213. The summed E-state index contributed by atoms with van der Waals surface area (Å²) in [7, 11) is 0. The SMILES string of the molecule is Cc1cn(-c2ccc(C=C(CCCCl)C(=O)N[C@H](c3ccc(F)c(F)c3)[C@@H](C)O)cc2F)cn1. The van der Waals surface area contributed by atoms with Gasteiger partial charge in [-0.05, 0) is 68.2 Å². The monoisotopic (exact) mass is 491 g/mol. The van der Waals surface area contributed by atoms with Crippen molar-refractivity contribution in [2.24, 2.45) is 0 Å². The number of carbonyl (C=O) groups is 1. The van der Waals surface area contributed by atoms with Crippen LogP contribution < -0.4 is 5.32 Å². The first-order chi connectivity index (χ1) is 16.2. The number of nitrogens with zero attached hydrogens (tertiary/aromatic N) is 2. The number of aryl methyl sites for hydroxylation is 1. The normalized spacial score (nSPS) is 13.6. The predicted molar refractivity (Wildman–Crippen MR) is 125 cm³/mol. The maximum Gasteiger partial charge on any atom is 0.247 e. The molecule has 2 N–H and O–H groups in total. The lowest BCUT2D eigenvalue weighted by Crippen LogP contribution is -2.36. The summed E-state index contributed by atoms with van der Waals surface area (Å²) in [6, 6.07) is 6.74. The van der Waals surface area contributed by atoms with Gasteiger partial charge in [-0.2, -0.15) is 0 Å². The highest BCUT2D eigenvalue weighted by Crippen LogP contribution is 2.23. The first kappa shape index (κ1) is 25.5. The maximum absolute atomic E-state index is 14.8. The largest absolute Gasteiger partial charge is 0.391 e. The van der Waals surface area contributed by atoms with Gasteiger partial charge in [0.2, 0.25) is 5.91 Å². The molecule has 0 bridgehead atoms. The Morgan fingerprint density at radius 3 is 2.53 bits per heavy atom. The zero-order valence-corrected chi connectivity index (χ0v) is 19.5. The summed E-state index contributed by atoms with van der Waals surface area (Å²) in [5, 5.41) is 12.8. The Balaban J connectivity index is 1.88. The molecule has 1 heterocycles. The van der Waals surface area contributed by atoms with E-state index >= 15 is 0 Å². The van der Waals surface area contributed by atoms with E-state index in [0.717, 1.165) is 17.8 Å². The van der Waals surface area contributed by atoms with Crippen LogP contribution in [0.5, 0.6) is 0 Å². The van der Waals surface area contributed by atoms with Crippen molar-refractivity contribution in [2.45, 2.75) is 38.8 Å². The van der Waals surface area contributed by atoms with Gasteiger partial charge in [0.15, 0.2) is 11.6 Å². The topological polar surface area (TPSA) is 67.2 Å². The number of nitrogens with one attached hydrogen (secondary N) is 1. The van der Waals surface area contributed by atoms with Crippen molar-refractivity contribution in [3.63, 3.8) is 0 Å². The number of hydrogen-bond acceptors (Lipinski definition) is 3. The quantitative estimate of drug-likeness (QED) is 0.318. The highest BCUT2D eigenvalue weighted by Gasteiger charge is 2.23. The predicted octanol–water partition coefficient (Wildman–Crippen LogP) is 5.24. The molecule has 1 aromatic heterocycles. The summed E-state index contributed by atoms with van der Waals surface area (Å²) in [6.07, 6.45) is 4.44. The van der Waals surface area contributed by atoms with Crippen LogP contribution in [0, 0.1) is 24.4 Å². The number of benzene rings is 2. The fraction of sp³-hybridized carbons (Fsp3) is 0.280. The second-order valence-corrected chi connectivity index (χ2v) is 8.34. The minimum Gasteiger partial charge on any atom is -0.391 e. The molecule has 0 saturated heterocycles. The molecule has 3 rings (SSSR count). The molecule has 34 heavy (non-hydrogen) atoms. The van der Waals surface area contributed by atoms with Crippen LogP contribution in [-0.2, 0) is 4.79 Å². The molecule has 0 aliphatic heterocycles. The van der Waals surface area contributed by atoms with Crippen LogP contribution in [-0.4, -0.2) is 32.5 Å². The van der Waals surface area contributed by atoms with Gasteiger partial charge in [0.05, 0.1) is 29.9 Å². The van der Waals surface area contributed by atoms with Gasteiger partial charge in [-0.1, -0.05) is 12.1 Å². The van der Waals surface area contributed by atoms with Crippen LogP contribution in [0.15, 0.2) is 54.5 Å². The van der Waals surface area contributed by atoms with Crippen molar-refractivity contribution in [1.82, 2.24) is 14.9 Å². The van der Waals surface area contributed by atoms with Crippen LogP contribution in [0.2, 0.25) is 0 Å². The third-order valence-electron chi connectivity index (χ3n) is 5.25. The third-order valence-corrected chi connectivity index (χ3v) is 5.51. The first-order valence-electron chi connectivity index (χ1n) is 10.7. The van der Waals surface area contributed by atoms with Gasteiger partial charge in [0.1, 0.15) is 5.82 Å². The Morgan fingerprint density at radius 1 is 1.18 bits per heavy atom. The Morgan fingerprint density at radius 2 is 1.94 bits per heavy atom. The highest BCUT2D eigenvalue weighted by atomic mass is 35.5. The molecule has 0 spiro atoms. The van der Waals surface area contributed by atoms with Crippen molar-refractivity contribution < 1.29 is 23.1 Å². The Labute approximate surface area is 200 Å². The molecule has 9 heteroatoms. The van der Waals surface area contributed by atoms with E-state index < -0.39 is 35.5 Å². The first-order valence-corrected chi connectivity index (χ1v) is 11.2. The van der Waals surface area contributed by atoms with Crippen molar-refractivity contribution in [2.75, 3.05) is 5.88 Å². The van der Waals surface area contributed by atoms with E-state index in [1.807, 2.05) is 0 Å². The lowest BCUT2D eigenvalue weighted by atomic mass is 10.00. The average molecular weight is 492 g/mol. The fourth-order valence-electron chi connectivity index (χ4n) is 3.51. The van der Waals surface area contributed by atoms with Crippen LogP contribution >= 0.6 is 11.6 Å². The van der Waals surface area contributed by atoms with Gasteiger partial charge in [0, 0.05) is 17.6 Å². The van der Waals surface area contributed by atoms with E-state index in [9.17, 15) is 23.1 Å². The molecule has 0 radical (unpaired) electrons. The van der Waals surface area contributed by atoms with Gasteiger partial charge in [-0.3, -0.25) is 4.79 Å². The van der Waals surface area contributed by atoms with E-state index in [-0.39, 0.29) is 5.56 Å². The summed E-state index contributed by atoms with van der Waals surface area (Å²) in [4.78, 5) is 17.2. The lowest BCUT2D eigenvalue weighted by Gasteiger charge is -2.23. The van der Waals surface area contributed by atoms with Crippen molar-refractivity contribution in [3.05, 3.63) is 88.8 Å². The van der Waals surface area contributed by atoms with Crippen LogP contribution in [0.4, 0.5) is 13.2 Å².